The van der Waals surface area contributed by atoms with Crippen LogP contribution in [-0.4, -0.2) is 19.7 Å². The fraction of sp³-hybridized carbons (Fsp3) is 0.0500. The molecule has 0 spiro atoms. The van der Waals surface area contributed by atoms with Crippen molar-refractivity contribution in [1.82, 2.24) is 19.7 Å². The van der Waals surface area contributed by atoms with Gasteiger partial charge in [-0.15, -0.1) is 0 Å². The standard InChI is InChI=1S/C20H18N6/c1-14-18(13-26(25-14)17-8-3-2-4-9-17)19-10-11-22-20(24-19)23-16-7-5-6-15(21)12-16/h2-13H,21H2,1H3,(H,22,23,24). The number of benzene rings is 2. The van der Waals surface area contributed by atoms with E-state index in [1.165, 1.54) is 0 Å². The maximum Gasteiger partial charge on any atom is 0.227 e. The quantitative estimate of drug-likeness (QED) is 0.549. The van der Waals surface area contributed by atoms with E-state index in [1.54, 1.807) is 6.20 Å². The van der Waals surface area contributed by atoms with Gasteiger partial charge < -0.3 is 11.1 Å². The molecule has 6 heteroatoms. The average molecular weight is 342 g/mol. The summed E-state index contributed by atoms with van der Waals surface area (Å²) in [6, 6.07) is 19.4. The molecule has 2 aromatic carbocycles. The summed E-state index contributed by atoms with van der Waals surface area (Å²) < 4.78 is 1.86. The molecule has 0 aliphatic heterocycles. The highest BCUT2D eigenvalue weighted by molar-refractivity contribution is 5.65. The zero-order chi connectivity index (χ0) is 17.9. The molecule has 0 aliphatic carbocycles. The maximum absolute atomic E-state index is 5.82. The van der Waals surface area contributed by atoms with Gasteiger partial charge in [-0.3, -0.25) is 0 Å². The summed E-state index contributed by atoms with van der Waals surface area (Å²) >= 11 is 0. The largest absolute Gasteiger partial charge is 0.399 e. The van der Waals surface area contributed by atoms with Gasteiger partial charge in [0.2, 0.25) is 5.95 Å². The highest BCUT2D eigenvalue weighted by Crippen LogP contribution is 2.24. The minimum atomic E-state index is 0.514. The predicted molar refractivity (Wildman–Crippen MR) is 103 cm³/mol. The van der Waals surface area contributed by atoms with Crippen molar-refractivity contribution in [2.45, 2.75) is 6.92 Å². The molecule has 0 radical (unpaired) electrons. The summed E-state index contributed by atoms with van der Waals surface area (Å²) in [4.78, 5) is 8.91. The lowest BCUT2D eigenvalue weighted by Gasteiger charge is -2.06. The van der Waals surface area contributed by atoms with Crippen LogP contribution in [0.2, 0.25) is 0 Å². The molecule has 6 nitrogen and oxygen atoms in total. The van der Waals surface area contributed by atoms with Gasteiger partial charge in [0, 0.05) is 29.3 Å². The zero-order valence-corrected chi connectivity index (χ0v) is 14.3. The maximum atomic E-state index is 5.82. The van der Waals surface area contributed by atoms with Gasteiger partial charge in [0.1, 0.15) is 0 Å². The second-order valence-corrected chi connectivity index (χ2v) is 5.92. The van der Waals surface area contributed by atoms with Crippen LogP contribution in [-0.2, 0) is 0 Å². The van der Waals surface area contributed by atoms with Gasteiger partial charge in [-0.2, -0.15) is 5.10 Å². The first-order valence-electron chi connectivity index (χ1n) is 8.27. The molecule has 3 N–H and O–H groups in total. The van der Waals surface area contributed by atoms with Crippen molar-refractivity contribution in [3.63, 3.8) is 0 Å². The van der Waals surface area contributed by atoms with E-state index in [2.05, 4.69) is 20.4 Å². The SMILES string of the molecule is Cc1nn(-c2ccccc2)cc1-c1ccnc(Nc2cccc(N)c2)n1. The fourth-order valence-corrected chi connectivity index (χ4v) is 2.74. The van der Waals surface area contributed by atoms with Crippen molar-refractivity contribution in [3.8, 4) is 16.9 Å². The first kappa shape index (κ1) is 15.8. The minimum Gasteiger partial charge on any atom is -0.399 e. The molecule has 0 atom stereocenters. The number of hydrogen-bond donors (Lipinski definition) is 2. The third-order valence-electron chi connectivity index (χ3n) is 3.99. The summed E-state index contributed by atoms with van der Waals surface area (Å²) in [6.07, 6.45) is 3.72. The second kappa shape index (κ2) is 6.68. The number of anilines is 3. The molecule has 0 bridgehead atoms. The minimum absolute atomic E-state index is 0.514. The van der Waals surface area contributed by atoms with Crippen LogP contribution in [0, 0.1) is 6.92 Å². The Morgan fingerprint density at radius 1 is 1.00 bits per heavy atom. The number of nitrogens with one attached hydrogen (secondary N) is 1. The Labute approximate surface area is 151 Å². The summed E-state index contributed by atoms with van der Waals surface area (Å²) in [7, 11) is 0. The molecular formula is C20H18N6. The monoisotopic (exact) mass is 342 g/mol. The van der Waals surface area contributed by atoms with Crippen LogP contribution in [0.5, 0.6) is 0 Å². The Balaban J connectivity index is 1.66. The van der Waals surface area contributed by atoms with Crippen LogP contribution in [0.25, 0.3) is 16.9 Å². The second-order valence-electron chi connectivity index (χ2n) is 5.92. The van der Waals surface area contributed by atoms with Crippen molar-refractivity contribution >= 4 is 17.3 Å². The molecule has 0 fully saturated rings. The summed E-state index contributed by atoms with van der Waals surface area (Å²) in [5.41, 5.74) is 11.0. The van der Waals surface area contributed by atoms with Crippen LogP contribution in [0.15, 0.2) is 73.1 Å². The molecule has 0 aliphatic rings. The van der Waals surface area contributed by atoms with Crippen molar-refractivity contribution in [1.29, 1.82) is 0 Å². The number of nitrogens with two attached hydrogens (primary N) is 1. The topological polar surface area (TPSA) is 81.7 Å². The van der Waals surface area contributed by atoms with E-state index in [0.29, 0.717) is 11.6 Å². The lowest BCUT2D eigenvalue weighted by molar-refractivity contribution is 0.863. The van der Waals surface area contributed by atoms with E-state index in [0.717, 1.165) is 28.3 Å². The van der Waals surface area contributed by atoms with Gasteiger partial charge in [-0.25, -0.2) is 14.6 Å². The van der Waals surface area contributed by atoms with Gasteiger partial charge in [-0.05, 0) is 43.3 Å². The Kier molecular flexibility index (Phi) is 4.07. The predicted octanol–water partition coefficient (Wildman–Crippen LogP) is 3.96. The van der Waals surface area contributed by atoms with Crippen LogP contribution in [0.4, 0.5) is 17.3 Å². The number of hydrogen-bond acceptors (Lipinski definition) is 5. The molecule has 0 saturated heterocycles. The molecule has 0 saturated carbocycles. The molecular weight excluding hydrogens is 324 g/mol. The molecule has 26 heavy (non-hydrogen) atoms. The number of nitrogen functional groups attached to an aromatic ring is 1. The van der Waals surface area contributed by atoms with Crippen molar-refractivity contribution in [3.05, 3.63) is 78.8 Å². The lowest BCUT2D eigenvalue weighted by atomic mass is 10.2. The van der Waals surface area contributed by atoms with Gasteiger partial charge in [0.05, 0.1) is 17.1 Å². The van der Waals surface area contributed by atoms with Crippen LogP contribution in [0.3, 0.4) is 0 Å². The van der Waals surface area contributed by atoms with E-state index in [4.69, 9.17) is 5.73 Å². The van der Waals surface area contributed by atoms with Gasteiger partial charge in [-0.1, -0.05) is 24.3 Å². The van der Waals surface area contributed by atoms with Crippen LogP contribution < -0.4 is 11.1 Å². The normalized spacial score (nSPS) is 10.7. The lowest BCUT2D eigenvalue weighted by Crippen LogP contribution is -1.98. The number of aromatic nitrogens is 4. The average Bonchev–Trinajstić information content (AvgIpc) is 3.05. The number of rotatable bonds is 4. The number of para-hydroxylation sites is 1. The van der Waals surface area contributed by atoms with Crippen molar-refractivity contribution < 1.29 is 0 Å². The molecule has 0 unspecified atom stereocenters. The Bertz CT molecular complexity index is 1040. The molecule has 4 aromatic rings. The highest BCUT2D eigenvalue weighted by Gasteiger charge is 2.11. The van der Waals surface area contributed by atoms with Crippen LogP contribution in [0.1, 0.15) is 5.69 Å². The van der Waals surface area contributed by atoms with E-state index in [-0.39, 0.29) is 0 Å². The first-order chi connectivity index (χ1) is 12.7. The van der Waals surface area contributed by atoms with E-state index < -0.39 is 0 Å². The molecule has 0 amide bonds. The smallest absolute Gasteiger partial charge is 0.227 e. The Morgan fingerprint density at radius 3 is 2.65 bits per heavy atom. The summed E-state index contributed by atoms with van der Waals surface area (Å²) in [6.45, 7) is 1.97. The van der Waals surface area contributed by atoms with E-state index in [1.807, 2.05) is 78.5 Å². The van der Waals surface area contributed by atoms with Crippen LogP contribution >= 0.6 is 0 Å². The molecule has 4 rings (SSSR count). The first-order valence-corrected chi connectivity index (χ1v) is 8.27. The summed E-state index contributed by atoms with van der Waals surface area (Å²) in [5, 5.41) is 7.79. The van der Waals surface area contributed by atoms with Crippen molar-refractivity contribution in [2.75, 3.05) is 11.1 Å². The fourth-order valence-electron chi connectivity index (χ4n) is 2.74. The zero-order valence-electron chi connectivity index (χ0n) is 14.3. The van der Waals surface area contributed by atoms with Gasteiger partial charge >= 0.3 is 0 Å². The summed E-state index contributed by atoms with van der Waals surface area (Å²) in [5.74, 6) is 0.514. The van der Waals surface area contributed by atoms with E-state index in [9.17, 15) is 0 Å². The van der Waals surface area contributed by atoms with Crippen molar-refractivity contribution in [2.24, 2.45) is 0 Å². The number of nitrogens with zero attached hydrogens (tertiary/aromatic N) is 4. The molecule has 128 valence electrons. The molecule has 2 heterocycles. The van der Waals surface area contributed by atoms with Gasteiger partial charge in [0.25, 0.3) is 0 Å². The van der Waals surface area contributed by atoms with E-state index >= 15 is 0 Å². The third-order valence-corrected chi connectivity index (χ3v) is 3.99. The number of aryl methyl sites for hydroxylation is 1. The molecule has 2 aromatic heterocycles. The Morgan fingerprint density at radius 2 is 1.85 bits per heavy atom. The highest BCUT2D eigenvalue weighted by atomic mass is 15.3. The Hall–Kier alpha value is -3.67. The van der Waals surface area contributed by atoms with Gasteiger partial charge in [0.15, 0.2) is 0 Å². The third kappa shape index (κ3) is 3.25.